The van der Waals surface area contributed by atoms with Crippen LogP contribution < -0.4 is 5.73 Å². The Morgan fingerprint density at radius 3 is 2.71 bits per heavy atom. The highest BCUT2D eigenvalue weighted by Crippen LogP contribution is 2.19. The molecule has 0 fully saturated rings. The molecule has 0 aliphatic heterocycles. The predicted molar refractivity (Wildman–Crippen MR) is 57.3 cm³/mol. The van der Waals surface area contributed by atoms with Crippen LogP contribution in [-0.4, -0.2) is 4.98 Å². The van der Waals surface area contributed by atoms with E-state index in [0.717, 1.165) is 16.8 Å². The van der Waals surface area contributed by atoms with Crippen LogP contribution in [0.4, 0.5) is 10.2 Å². The number of pyridine rings is 1. The van der Waals surface area contributed by atoms with E-state index in [9.17, 15) is 4.39 Å². The van der Waals surface area contributed by atoms with Gasteiger partial charge < -0.3 is 5.73 Å². The molecular formula is C11H13FN2. The maximum Gasteiger partial charge on any atom is 0.123 e. The molecule has 14 heavy (non-hydrogen) atoms. The maximum atomic E-state index is 12.5. The Morgan fingerprint density at radius 2 is 2.21 bits per heavy atom. The minimum absolute atomic E-state index is 0.460. The Hall–Kier alpha value is -1.64. The third-order valence-corrected chi connectivity index (χ3v) is 1.91. The van der Waals surface area contributed by atoms with E-state index >= 15 is 0 Å². The number of aromatic nitrogens is 1. The zero-order chi connectivity index (χ0) is 10.7. The number of aryl methyl sites for hydroxylation is 1. The summed E-state index contributed by atoms with van der Waals surface area (Å²) in [7, 11) is 0. The topological polar surface area (TPSA) is 38.9 Å². The fraction of sp³-hybridized carbons (Fsp3) is 0.182. The summed E-state index contributed by atoms with van der Waals surface area (Å²) < 4.78 is 12.5. The van der Waals surface area contributed by atoms with Gasteiger partial charge in [-0.3, -0.25) is 0 Å². The van der Waals surface area contributed by atoms with Gasteiger partial charge in [0.05, 0.1) is 0 Å². The number of nitrogens with zero attached hydrogens (tertiary/aromatic N) is 1. The van der Waals surface area contributed by atoms with Gasteiger partial charge in [-0.25, -0.2) is 9.37 Å². The smallest absolute Gasteiger partial charge is 0.123 e. The van der Waals surface area contributed by atoms with Gasteiger partial charge in [-0.2, -0.15) is 0 Å². The summed E-state index contributed by atoms with van der Waals surface area (Å²) in [6, 6.07) is 3.52. The quantitative estimate of drug-likeness (QED) is 0.732. The van der Waals surface area contributed by atoms with Crippen LogP contribution in [0.1, 0.15) is 18.2 Å². The number of rotatable bonds is 2. The van der Waals surface area contributed by atoms with Gasteiger partial charge in [0.25, 0.3) is 0 Å². The largest absolute Gasteiger partial charge is 0.384 e. The van der Waals surface area contributed by atoms with Crippen LogP contribution in [0.5, 0.6) is 0 Å². The van der Waals surface area contributed by atoms with E-state index in [1.165, 1.54) is 6.08 Å². The molecule has 0 saturated heterocycles. The fourth-order valence-electron chi connectivity index (χ4n) is 1.31. The first-order chi connectivity index (χ1) is 6.50. The molecule has 2 nitrogen and oxygen atoms in total. The number of anilines is 1. The molecule has 0 radical (unpaired) electrons. The molecule has 0 amide bonds. The molecule has 0 aliphatic rings. The van der Waals surface area contributed by atoms with E-state index in [1.54, 1.807) is 6.07 Å². The summed E-state index contributed by atoms with van der Waals surface area (Å²) in [6.45, 7) is 6.83. The Morgan fingerprint density at radius 1 is 1.57 bits per heavy atom. The molecular weight excluding hydrogens is 179 g/mol. The number of allylic oxidation sites excluding steroid dienone is 3. The van der Waals surface area contributed by atoms with Gasteiger partial charge in [0.2, 0.25) is 0 Å². The van der Waals surface area contributed by atoms with Crippen molar-refractivity contribution < 1.29 is 4.39 Å². The first-order valence-corrected chi connectivity index (χ1v) is 4.27. The second kappa shape index (κ2) is 4.05. The van der Waals surface area contributed by atoms with Crippen LogP contribution in [0.2, 0.25) is 0 Å². The molecule has 74 valence electrons. The summed E-state index contributed by atoms with van der Waals surface area (Å²) in [5, 5.41) is 0. The molecule has 1 rings (SSSR count). The number of halogens is 1. The van der Waals surface area contributed by atoms with Crippen LogP contribution in [0.15, 0.2) is 30.6 Å². The normalized spacial score (nSPS) is 11.5. The Kier molecular flexibility index (Phi) is 3.02. The monoisotopic (exact) mass is 192 g/mol. The van der Waals surface area contributed by atoms with Crippen LogP contribution in [0, 0.1) is 6.92 Å². The van der Waals surface area contributed by atoms with E-state index in [1.807, 2.05) is 19.9 Å². The van der Waals surface area contributed by atoms with Crippen molar-refractivity contribution in [2.45, 2.75) is 13.8 Å². The molecule has 0 bridgehead atoms. The Labute approximate surface area is 83.0 Å². The Balaban J connectivity index is 3.14. The zero-order valence-corrected chi connectivity index (χ0v) is 8.34. The van der Waals surface area contributed by atoms with Crippen LogP contribution in [0.3, 0.4) is 0 Å². The van der Waals surface area contributed by atoms with E-state index in [-0.39, 0.29) is 0 Å². The highest BCUT2D eigenvalue weighted by Gasteiger charge is 2.02. The van der Waals surface area contributed by atoms with E-state index in [0.29, 0.717) is 5.82 Å². The molecule has 0 saturated carbocycles. The minimum atomic E-state index is -0.460. The van der Waals surface area contributed by atoms with Crippen molar-refractivity contribution in [3.8, 4) is 0 Å². The van der Waals surface area contributed by atoms with E-state index in [2.05, 4.69) is 11.6 Å². The van der Waals surface area contributed by atoms with Crippen LogP contribution >= 0.6 is 0 Å². The lowest BCUT2D eigenvalue weighted by atomic mass is 10.1. The van der Waals surface area contributed by atoms with E-state index in [4.69, 9.17) is 5.73 Å². The lowest BCUT2D eigenvalue weighted by Crippen LogP contribution is -1.95. The average molecular weight is 192 g/mol. The molecule has 0 aliphatic carbocycles. The highest BCUT2D eigenvalue weighted by atomic mass is 19.1. The molecule has 0 spiro atoms. The lowest BCUT2D eigenvalue weighted by Gasteiger charge is -2.05. The van der Waals surface area contributed by atoms with Gasteiger partial charge in [0.15, 0.2) is 0 Å². The maximum absolute atomic E-state index is 12.5. The molecule has 1 aromatic rings. The lowest BCUT2D eigenvalue weighted by molar-refractivity contribution is 0.672. The summed E-state index contributed by atoms with van der Waals surface area (Å²) >= 11 is 0. The van der Waals surface area contributed by atoms with Crippen molar-refractivity contribution in [2.24, 2.45) is 0 Å². The van der Waals surface area contributed by atoms with Crippen molar-refractivity contribution in [1.29, 1.82) is 0 Å². The molecule has 0 unspecified atom stereocenters. The van der Waals surface area contributed by atoms with Gasteiger partial charge in [-0.15, -0.1) is 0 Å². The predicted octanol–water partition coefficient (Wildman–Crippen LogP) is 2.86. The first-order valence-electron chi connectivity index (χ1n) is 4.27. The van der Waals surface area contributed by atoms with Crippen molar-refractivity contribution in [1.82, 2.24) is 4.98 Å². The average Bonchev–Trinajstić information content (AvgIpc) is 2.01. The molecule has 0 atom stereocenters. The van der Waals surface area contributed by atoms with Gasteiger partial charge in [0.1, 0.15) is 11.6 Å². The SMILES string of the molecule is C=C(F)/C=C(\C)c1ccc(N)nc1C. The molecule has 2 N–H and O–H groups in total. The van der Waals surface area contributed by atoms with Gasteiger partial charge in [-0.1, -0.05) is 6.58 Å². The molecule has 1 aromatic heterocycles. The van der Waals surface area contributed by atoms with Crippen LogP contribution in [-0.2, 0) is 0 Å². The van der Waals surface area contributed by atoms with Crippen molar-refractivity contribution in [3.63, 3.8) is 0 Å². The fourth-order valence-corrected chi connectivity index (χ4v) is 1.31. The zero-order valence-electron chi connectivity index (χ0n) is 8.34. The summed E-state index contributed by atoms with van der Waals surface area (Å²) in [4.78, 5) is 4.09. The third kappa shape index (κ3) is 2.42. The summed E-state index contributed by atoms with van der Waals surface area (Å²) in [5.74, 6) is 0.0110. The van der Waals surface area contributed by atoms with E-state index < -0.39 is 5.83 Å². The van der Waals surface area contributed by atoms with Crippen molar-refractivity contribution >= 4 is 11.4 Å². The number of nitrogens with two attached hydrogens (primary N) is 1. The molecule has 1 heterocycles. The molecule has 0 aromatic carbocycles. The van der Waals surface area contributed by atoms with Crippen molar-refractivity contribution in [2.75, 3.05) is 5.73 Å². The highest BCUT2D eigenvalue weighted by molar-refractivity contribution is 5.68. The minimum Gasteiger partial charge on any atom is -0.384 e. The summed E-state index contributed by atoms with van der Waals surface area (Å²) in [5.41, 5.74) is 7.98. The van der Waals surface area contributed by atoms with Crippen LogP contribution in [0.25, 0.3) is 5.57 Å². The Bertz CT molecular complexity index is 394. The standard InChI is InChI=1S/C11H13FN2/c1-7(6-8(2)12)10-4-5-11(13)14-9(10)3/h4-6H,2H2,1,3H3,(H2,13,14)/b7-6+. The number of hydrogen-bond acceptors (Lipinski definition) is 2. The second-order valence-corrected chi connectivity index (χ2v) is 3.14. The first kappa shape index (κ1) is 10.4. The van der Waals surface area contributed by atoms with Gasteiger partial charge >= 0.3 is 0 Å². The van der Waals surface area contributed by atoms with Gasteiger partial charge in [-0.05, 0) is 43.2 Å². The van der Waals surface area contributed by atoms with Crippen molar-refractivity contribution in [3.05, 3.63) is 41.9 Å². The third-order valence-electron chi connectivity index (χ3n) is 1.91. The second-order valence-electron chi connectivity index (χ2n) is 3.14. The van der Waals surface area contributed by atoms with Gasteiger partial charge in [0, 0.05) is 5.69 Å². The number of nitrogen functional groups attached to an aromatic ring is 1. The molecule has 3 heteroatoms. The number of hydrogen-bond donors (Lipinski definition) is 1. The summed E-state index contributed by atoms with van der Waals surface area (Å²) in [6.07, 6.45) is 1.38.